The van der Waals surface area contributed by atoms with Crippen molar-refractivity contribution in [3.63, 3.8) is 0 Å². The third kappa shape index (κ3) is 5.25. The monoisotopic (exact) mass is 333 g/mol. The van der Waals surface area contributed by atoms with Crippen LogP contribution in [0.25, 0.3) is 0 Å². The van der Waals surface area contributed by atoms with Crippen LogP contribution in [-0.2, 0) is 16.0 Å². The number of carboxylic acid groups (broad SMARTS) is 1. The van der Waals surface area contributed by atoms with Gasteiger partial charge >= 0.3 is 5.97 Å². The fourth-order valence-electron chi connectivity index (χ4n) is 3.34. The molecule has 1 aromatic carbocycles. The molecular formula is C19H27NO4. The zero-order chi connectivity index (χ0) is 17.5. The molecule has 0 saturated carbocycles. The zero-order valence-electron chi connectivity index (χ0n) is 14.5. The molecule has 1 saturated heterocycles. The Balaban J connectivity index is 1.87. The van der Waals surface area contributed by atoms with Crippen LogP contribution < -0.4 is 4.74 Å². The lowest BCUT2D eigenvalue weighted by atomic mass is 9.91. The molecule has 2 atom stereocenters. The minimum atomic E-state index is -0.758. The predicted octanol–water partition coefficient (Wildman–Crippen LogP) is 2.98. The minimum absolute atomic E-state index is 0.0726. The second-order valence-corrected chi connectivity index (χ2v) is 6.68. The summed E-state index contributed by atoms with van der Waals surface area (Å²) in [5.74, 6) is 0.468. The Morgan fingerprint density at radius 3 is 2.67 bits per heavy atom. The Labute approximate surface area is 143 Å². The Morgan fingerprint density at radius 2 is 2.04 bits per heavy atom. The smallest absolute Gasteiger partial charge is 0.303 e. The molecular weight excluding hydrogens is 306 g/mol. The van der Waals surface area contributed by atoms with E-state index in [1.54, 1.807) is 7.11 Å². The molecule has 0 spiro atoms. The average molecular weight is 333 g/mol. The molecule has 0 bridgehead atoms. The summed E-state index contributed by atoms with van der Waals surface area (Å²) in [5.41, 5.74) is 1.12. The van der Waals surface area contributed by atoms with Crippen molar-refractivity contribution >= 4 is 11.9 Å². The summed E-state index contributed by atoms with van der Waals surface area (Å²) in [6.45, 7) is 3.45. The lowest BCUT2D eigenvalue weighted by Crippen LogP contribution is -2.43. The van der Waals surface area contributed by atoms with Crippen LogP contribution in [0.15, 0.2) is 24.3 Å². The van der Waals surface area contributed by atoms with Gasteiger partial charge in [0.25, 0.3) is 0 Å². The van der Waals surface area contributed by atoms with Gasteiger partial charge in [-0.3, -0.25) is 9.59 Å². The topological polar surface area (TPSA) is 66.8 Å². The van der Waals surface area contributed by atoms with Crippen LogP contribution in [0.5, 0.6) is 5.75 Å². The van der Waals surface area contributed by atoms with Crippen LogP contribution >= 0.6 is 0 Å². The zero-order valence-corrected chi connectivity index (χ0v) is 14.5. The molecule has 1 heterocycles. The van der Waals surface area contributed by atoms with Gasteiger partial charge in [-0.25, -0.2) is 0 Å². The van der Waals surface area contributed by atoms with E-state index in [0.29, 0.717) is 25.3 Å². The van der Waals surface area contributed by atoms with E-state index < -0.39 is 5.97 Å². The first-order valence-electron chi connectivity index (χ1n) is 8.63. The molecule has 132 valence electrons. The van der Waals surface area contributed by atoms with Gasteiger partial charge in [-0.05, 0) is 49.3 Å². The molecule has 1 aliphatic rings. The van der Waals surface area contributed by atoms with E-state index in [9.17, 15) is 9.59 Å². The highest BCUT2D eigenvalue weighted by atomic mass is 16.5. The van der Waals surface area contributed by atoms with Gasteiger partial charge in [-0.2, -0.15) is 0 Å². The molecule has 1 amide bonds. The summed E-state index contributed by atoms with van der Waals surface area (Å²) in [6.07, 6.45) is 3.54. The maximum atomic E-state index is 12.7. The number of benzene rings is 1. The maximum Gasteiger partial charge on any atom is 0.303 e. The second kappa shape index (κ2) is 8.71. The molecule has 2 rings (SSSR count). The number of ether oxygens (including phenoxy) is 1. The van der Waals surface area contributed by atoms with E-state index >= 15 is 0 Å². The summed E-state index contributed by atoms with van der Waals surface area (Å²) < 4.78 is 5.15. The fraction of sp³-hybridized carbons (Fsp3) is 0.579. The van der Waals surface area contributed by atoms with E-state index in [1.807, 2.05) is 36.1 Å². The van der Waals surface area contributed by atoms with Crippen molar-refractivity contribution in [1.29, 1.82) is 0 Å². The van der Waals surface area contributed by atoms with Crippen molar-refractivity contribution in [1.82, 2.24) is 4.90 Å². The lowest BCUT2D eigenvalue weighted by molar-refractivity contribution is -0.137. The highest BCUT2D eigenvalue weighted by Gasteiger charge is 2.27. The van der Waals surface area contributed by atoms with Crippen LogP contribution in [0.1, 0.15) is 38.2 Å². The van der Waals surface area contributed by atoms with Crippen molar-refractivity contribution in [3.05, 3.63) is 29.8 Å². The number of hydrogen-bond donors (Lipinski definition) is 1. The van der Waals surface area contributed by atoms with Gasteiger partial charge in [0, 0.05) is 25.4 Å². The van der Waals surface area contributed by atoms with Crippen LogP contribution in [-0.4, -0.2) is 42.1 Å². The lowest BCUT2D eigenvalue weighted by Gasteiger charge is -2.34. The van der Waals surface area contributed by atoms with E-state index in [2.05, 4.69) is 0 Å². The van der Waals surface area contributed by atoms with E-state index in [1.165, 1.54) is 0 Å². The molecule has 1 aliphatic heterocycles. The average Bonchev–Trinajstić information content (AvgIpc) is 2.60. The number of piperidine rings is 1. The number of carbonyl (C=O) groups is 2. The normalized spacial score (nSPS) is 18.9. The van der Waals surface area contributed by atoms with Gasteiger partial charge in [0.05, 0.1) is 7.11 Å². The highest BCUT2D eigenvalue weighted by molar-refractivity contribution is 5.79. The second-order valence-electron chi connectivity index (χ2n) is 6.68. The number of methoxy groups -OCH3 is 1. The quantitative estimate of drug-likeness (QED) is 0.833. The number of hydrogen-bond acceptors (Lipinski definition) is 3. The third-order valence-corrected chi connectivity index (χ3v) is 4.72. The standard InChI is InChI=1S/C19H27NO4/c1-14(12-15-5-8-17(24-2)9-6-15)19(23)20-11-3-4-16(13-20)7-10-18(21)22/h5-6,8-9,14,16H,3-4,7,10-13H2,1-2H3,(H,21,22). The first-order chi connectivity index (χ1) is 11.5. The van der Waals surface area contributed by atoms with Crippen molar-refractivity contribution < 1.29 is 19.4 Å². The summed E-state index contributed by atoms with van der Waals surface area (Å²) in [6, 6.07) is 7.81. The van der Waals surface area contributed by atoms with Gasteiger partial charge in [-0.15, -0.1) is 0 Å². The van der Waals surface area contributed by atoms with Gasteiger partial charge in [0.1, 0.15) is 5.75 Å². The van der Waals surface area contributed by atoms with Gasteiger partial charge < -0.3 is 14.7 Å². The van der Waals surface area contributed by atoms with Gasteiger partial charge in [0.15, 0.2) is 0 Å². The fourth-order valence-corrected chi connectivity index (χ4v) is 3.34. The predicted molar refractivity (Wildman–Crippen MR) is 92.0 cm³/mol. The van der Waals surface area contributed by atoms with Crippen LogP contribution in [0.2, 0.25) is 0 Å². The Kier molecular flexibility index (Phi) is 6.64. The SMILES string of the molecule is COc1ccc(CC(C)C(=O)N2CCCC(CCC(=O)O)C2)cc1. The molecule has 0 aromatic heterocycles. The molecule has 24 heavy (non-hydrogen) atoms. The molecule has 1 fully saturated rings. The van der Waals surface area contributed by atoms with Crippen molar-refractivity contribution in [3.8, 4) is 5.75 Å². The Morgan fingerprint density at radius 1 is 1.33 bits per heavy atom. The third-order valence-electron chi connectivity index (χ3n) is 4.72. The van der Waals surface area contributed by atoms with Crippen LogP contribution in [0, 0.1) is 11.8 Å². The highest BCUT2D eigenvalue weighted by Crippen LogP contribution is 2.23. The molecule has 1 N–H and O–H groups in total. The van der Waals surface area contributed by atoms with Crippen molar-refractivity contribution in [2.45, 2.75) is 39.0 Å². The van der Waals surface area contributed by atoms with E-state index in [0.717, 1.165) is 30.7 Å². The Bertz CT molecular complexity index is 555. The largest absolute Gasteiger partial charge is 0.497 e. The minimum Gasteiger partial charge on any atom is -0.497 e. The molecule has 0 radical (unpaired) electrons. The maximum absolute atomic E-state index is 12.7. The van der Waals surface area contributed by atoms with Crippen LogP contribution in [0.4, 0.5) is 0 Å². The van der Waals surface area contributed by atoms with Crippen molar-refractivity contribution in [2.24, 2.45) is 11.8 Å². The molecule has 5 heteroatoms. The summed E-state index contributed by atoms with van der Waals surface area (Å²) in [4.78, 5) is 25.3. The van der Waals surface area contributed by atoms with Gasteiger partial charge in [0.2, 0.25) is 5.91 Å². The number of nitrogens with zero attached hydrogens (tertiary/aromatic N) is 1. The number of likely N-dealkylation sites (tertiary alicyclic amines) is 1. The summed E-state index contributed by atoms with van der Waals surface area (Å²) in [7, 11) is 1.64. The molecule has 2 unspecified atom stereocenters. The summed E-state index contributed by atoms with van der Waals surface area (Å²) >= 11 is 0. The van der Waals surface area contributed by atoms with E-state index in [-0.39, 0.29) is 18.2 Å². The van der Waals surface area contributed by atoms with E-state index in [4.69, 9.17) is 9.84 Å². The number of amides is 1. The van der Waals surface area contributed by atoms with Gasteiger partial charge in [-0.1, -0.05) is 19.1 Å². The summed E-state index contributed by atoms with van der Waals surface area (Å²) in [5, 5.41) is 8.82. The first kappa shape index (κ1) is 18.3. The first-order valence-corrected chi connectivity index (χ1v) is 8.63. The Hall–Kier alpha value is -2.04. The number of aliphatic carboxylic acids is 1. The number of rotatable bonds is 7. The number of carbonyl (C=O) groups excluding carboxylic acids is 1. The van der Waals surface area contributed by atoms with Crippen LogP contribution in [0.3, 0.4) is 0 Å². The molecule has 5 nitrogen and oxygen atoms in total. The molecule has 1 aromatic rings. The molecule has 0 aliphatic carbocycles. The number of carboxylic acids is 1. The van der Waals surface area contributed by atoms with Crippen molar-refractivity contribution in [2.75, 3.05) is 20.2 Å².